The van der Waals surface area contributed by atoms with Crippen LogP contribution in [0.3, 0.4) is 0 Å². The molecule has 1 unspecified atom stereocenters. The summed E-state index contributed by atoms with van der Waals surface area (Å²) >= 11 is 0. The summed E-state index contributed by atoms with van der Waals surface area (Å²) < 4.78 is 23.6. The number of aromatic nitrogens is 1. The van der Waals surface area contributed by atoms with Crippen LogP contribution in [0, 0.1) is 6.92 Å². The molecule has 114 valence electrons. The van der Waals surface area contributed by atoms with Crippen molar-refractivity contribution in [2.75, 3.05) is 13.3 Å². The van der Waals surface area contributed by atoms with Crippen molar-refractivity contribution < 1.29 is 13.5 Å². The summed E-state index contributed by atoms with van der Waals surface area (Å²) in [6.45, 7) is 3.89. The number of benzene rings is 2. The number of oxazole rings is 1. The third-order valence-electron chi connectivity index (χ3n) is 3.77. The zero-order chi connectivity index (χ0) is 15.7. The monoisotopic (exact) mass is 315 g/mol. The molecule has 0 aliphatic carbocycles. The first-order chi connectivity index (χ1) is 10.6. The predicted molar refractivity (Wildman–Crippen MR) is 89.0 cm³/mol. The van der Waals surface area contributed by atoms with Gasteiger partial charge in [0, 0.05) is 24.1 Å². The van der Waals surface area contributed by atoms with E-state index >= 15 is 0 Å². The molecule has 0 fully saturated rings. The summed E-state index contributed by atoms with van der Waals surface area (Å²) in [7, 11) is -1.31. The van der Waals surface area contributed by atoms with Crippen LogP contribution >= 0.6 is 7.37 Å². The van der Waals surface area contributed by atoms with E-state index in [1.807, 2.05) is 38.1 Å². The summed E-state index contributed by atoms with van der Waals surface area (Å²) in [6, 6.07) is 13.4. The first kappa shape index (κ1) is 15.0. The lowest BCUT2D eigenvalue weighted by atomic mass is 10.1. The maximum atomic E-state index is 12.6. The van der Waals surface area contributed by atoms with Crippen LogP contribution in [0.1, 0.15) is 12.5 Å². The quantitative estimate of drug-likeness (QED) is 0.671. The molecule has 3 rings (SSSR count). The molecule has 0 saturated heterocycles. The highest BCUT2D eigenvalue weighted by Gasteiger charge is 2.23. The minimum Gasteiger partial charge on any atom is -0.436 e. The minimum atomic E-state index is -2.79. The number of hydrogen-bond donors (Lipinski definition) is 0. The molecule has 0 N–H and O–H groups in total. The highest BCUT2D eigenvalue weighted by Crippen LogP contribution is 2.44. The largest absolute Gasteiger partial charge is 0.436 e. The van der Waals surface area contributed by atoms with Crippen molar-refractivity contribution in [1.82, 2.24) is 4.98 Å². The average Bonchev–Trinajstić information content (AvgIpc) is 2.97. The third-order valence-corrected chi connectivity index (χ3v) is 6.26. The standard InChI is InChI=1S/C17H18NO3P/c1-4-22(19,20-3)14-9-10-16-15(11-14)18-17(21-16)13-7-5-12(2)6-8-13/h5-11H,4H2,1-3H3. The van der Waals surface area contributed by atoms with E-state index in [1.54, 1.807) is 18.2 Å². The Labute approximate surface area is 129 Å². The van der Waals surface area contributed by atoms with Crippen molar-refractivity contribution in [3.05, 3.63) is 48.0 Å². The highest BCUT2D eigenvalue weighted by molar-refractivity contribution is 7.66. The third kappa shape index (κ3) is 2.60. The molecule has 5 heteroatoms. The molecule has 0 aliphatic heterocycles. The number of hydrogen-bond acceptors (Lipinski definition) is 4. The van der Waals surface area contributed by atoms with Crippen LogP contribution in [0.25, 0.3) is 22.6 Å². The van der Waals surface area contributed by atoms with E-state index in [1.165, 1.54) is 12.7 Å². The van der Waals surface area contributed by atoms with Crippen LogP contribution in [0.4, 0.5) is 0 Å². The van der Waals surface area contributed by atoms with E-state index in [4.69, 9.17) is 8.94 Å². The van der Waals surface area contributed by atoms with Gasteiger partial charge in [0.15, 0.2) is 5.58 Å². The minimum absolute atomic E-state index is 0.456. The normalized spacial score (nSPS) is 14.1. The fourth-order valence-corrected chi connectivity index (χ4v) is 3.82. The predicted octanol–water partition coefficient (Wildman–Crippen LogP) is 4.37. The molecule has 0 spiro atoms. The summed E-state index contributed by atoms with van der Waals surface area (Å²) in [6.07, 6.45) is 0.456. The first-order valence-corrected chi connectivity index (χ1v) is 9.00. The molecular weight excluding hydrogens is 297 g/mol. The molecule has 1 atom stereocenters. The Morgan fingerprint density at radius 2 is 1.91 bits per heavy atom. The van der Waals surface area contributed by atoms with Crippen molar-refractivity contribution in [3.8, 4) is 11.5 Å². The van der Waals surface area contributed by atoms with E-state index in [0.717, 1.165) is 5.56 Å². The number of fused-ring (bicyclic) bond motifs is 1. The van der Waals surface area contributed by atoms with E-state index < -0.39 is 7.37 Å². The zero-order valence-corrected chi connectivity index (χ0v) is 13.8. The van der Waals surface area contributed by atoms with Crippen LogP contribution in [0.5, 0.6) is 0 Å². The van der Waals surface area contributed by atoms with Gasteiger partial charge in [0.1, 0.15) is 5.52 Å². The molecule has 3 aromatic rings. The summed E-state index contributed by atoms with van der Waals surface area (Å²) in [5, 5.41) is 0.675. The second-order valence-electron chi connectivity index (χ2n) is 5.21. The van der Waals surface area contributed by atoms with Gasteiger partial charge in [-0.1, -0.05) is 24.6 Å². The van der Waals surface area contributed by atoms with E-state index in [9.17, 15) is 4.57 Å². The lowest BCUT2D eigenvalue weighted by molar-refractivity contribution is 0.404. The Balaban J connectivity index is 2.07. The summed E-state index contributed by atoms with van der Waals surface area (Å²) in [4.78, 5) is 4.51. The molecule has 2 aromatic carbocycles. The average molecular weight is 315 g/mol. The van der Waals surface area contributed by atoms with Gasteiger partial charge in [-0.3, -0.25) is 4.57 Å². The molecule has 0 bridgehead atoms. The zero-order valence-electron chi connectivity index (χ0n) is 12.9. The molecule has 0 amide bonds. The first-order valence-electron chi connectivity index (χ1n) is 7.19. The van der Waals surface area contributed by atoms with Gasteiger partial charge in [-0.05, 0) is 37.3 Å². The molecule has 1 heterocycles. The Morgan fingerprint density at radius 3 is 2.55 bits per heavy atom. The number of rotatable bonds is 4. The fourth-order valence-electron chi connectivity index (χ4n) is 2.36. The maximum Gasteiger partial charge on any atom is 0.231 e. The topological polar surface area (TPSA) is 52.3 Å². The van der Waals surface area contributed by atoms with Crippen molar-refractivity contribution in [1.29, 1.82) is 0 Å². The molecule has 4 nitrogen and oxygen atoms in total. The smallest absolute Gasteiger partial charge is 0.231 e. The van der Waals surface area contributed by atoms with E-state index in [2.05, 4.69) is 4.98 Å². The van der Waals surface area contributed by atoms with Crippen molar-refractivity contribution >= 4 is 23.8 Å². The molecule has 22 heavy (non-hydrogen) atoms. The van der Waals surface area contributed by atoms with Crippen LogP contribution in [-0.4, -0.2) is 18.3 Å². The summed E-state index contributed by atoms with van der Waals surface area (Å²) in [5.74, 6) is 0.566. The van der Waals surface area contributed by atoms with Gasteiger partial charge >= 0.3 is 0 Å². The van der Waals surface area contributed by atoms with Crippen molar-refractivity contribution in [2.45, 2.75) is 13.8 Å². The van der Waals surface area contributed by atoms with Gasteiger partial charge in [0.05, 0.1) is 0 Å². The van der Waals surface area contributed by atoms with Gasteiger partial charge < -0.3 is 8.94 Å². The second-order valence-corrected chi connectivity index (χ2v) is 8.07. The molecular formula is C17H18NO3P. The number of nitrogens with zero attached hydrogens (tertiary/aromatic N) is 1. The summed E-state index contributed by atoms with van der Waals surface area (Å²) in [5.41, 5.74) is 3.48. The van der Waals surface area contributed by atoms with Gasteiger partial charge in [0.2, 0.25) is 13.3 Å². The van der Waals surface area contributed by atoms with Crippen molar-refractivity contribution in [3.63, 3.8) is 0 Å². The Kier molecular flexibility index (Phi) is 3.90. The van der Waals surface area contributed by atoms with E-state index in [-0.39, 0.29) is 0 Å². The van der Waals surface area contributed by atoms with Gasteiger partial charge in [-0.25, -0.2) is 4.98 Å². The molecule has 0 aliphatic rings. The molecule has 0 radical (unpaired) electrons. The lowest BCUT2D eigenvalue weighted by Gasteiger charge is -2.13. The van der Waals surface area contributed by atoms with Crippen LogP contribution in [0.2, 0.25) is 0 Å². The molecule has 0 saturated carbocycles. The Bertz CT molecular complexity index is 844. The van der Waals surface area contributed by atoms with Crippen LogP contribution < -0.4 is 5.30 Å². The van der Waals surface area contributed by atoms with Gasteiger partial charge in [0.25, 0.3) is 0 Å². The van der Waals surface area contributed by atoms with Crippen molar-refractivity contribution in [2.24, 2.45) is 0 Å². The van der Waals surface area contributed by atoms with Gasteiger partial charge in [-0.2, -0.15) is 0 Å². The van der Waals surface area contributed by atoms with Crippen LogP contribution in [-0.2, 0) is 9.09 Å². The fraction of sp³-hybridized carbons (Fsp3) is 0.235. The van der Waals surface area contributed by atoms with E-state index in [0.29, 0.717) is 28.5 Å². The second kappa shape index (κ2) is 5.71. The van der Waals surface area contributed by atoms with Gasteiger partial charge in [-0.15, -0.1) is 0 Å². The SMILES string of the molecule is CCP(=O)(OC)c1ccc2oc(-c3ccc(C)cc3)nc2c1. The maximum absolute atomic E-state index is 12.6. The molecule has 1 aromatic heterocycles. The number of aryl methyl sites for hydroxylation is 1. The lowest BCUT2D eigenvalue weighted by Crippen LogP contribution is -2.07. The van der Waals surface area contributed by atoms with Crippen LogP contribution in [0.15, 0.2) is 46.9 Å². The Hall–Kier alpha value is -1.90. The highest BCUT2D eigenvalue weighted by atomic mass is 31.2. The Morgan fingerprint density at radius 1 is 1.18 bits per heavy atom.